The molecule has 1 saturated carbocycles. The molecule has 25 heavy (non-hydrogen) atoms. The van der Waals surface area contributed by atoms with Crippen molar-refractivity contribution in [2.24, 2.45) is 11.3 Å². The number of rotatable bonds is 4. The van der Waals surface area contributed by atoms with Gasteiger partial charge in [0.25, 0.3) is 5.91 Å². The Morgan fingerprint density at radius 2 is 1.96 bits per heavy atom. The van der Waals surface area contributed by atoms with E-state index < -0.39 is 5.54 Å². The summed E-state index contributed by atoms with van der Waals surface area (Å²) in [5.41, 5.74) is 0.145. The van der Waals surface area contributed by atoms with Crippen molar-refractivity contribution in [1.82, 2.24) is 10.2 Å². The molecular weight excluding hydrogens is 316 g/mol. The largest absolute Gasteiger partial charge is 0.494 e. The Hall–Kier alpha value is -2.04. The van der Waals surface area contributed by atoms with E-state index in [0.29, 0.717) is 25.4 Å². The van der Waals surface area contributed by atoms with Crippen molar-refractivity contribution < 1.29 is 14.3 Å². The minimum atomic E-state index is -0.751. The van der Waals surface area contributed by atoms with Crippen LogP contribution in [-0.2, 0) is 11.3 Å². The van der Waals surface area contributed by atoms with Crippen LogP contribution in [0.4, 0.5) is 4.79 Å². The van der Waals surface area contributed by atoms with Gasteiger partial charge in [0, 0.05) is 5.56 Å². The Balaban J connectivity index is 1.85. The second-order valence-electron chi connectivity index (χ2n) is 8.30. The Kier molecular flexibility index (Phi) is 4.52. The summed E-state index contributed by atoms with van der Waals surface area (Å²) in [5.74, 6) is 1.04. The summed E-state index contributed by atoms with van der Waals surface area (Å²) in [6.07, 6.45) is 2.48. The van der Waals surface area contributed by atoms with Gasteiger partial charge >= 0.3 is 6.03 Å². The molecule has 3 amide bonds. The molecule has 2 fully saturated rings. The number of hydrogen-bond donors (Lipinski definition) is 1. The van der Waals surface area contributed by atoms with Crippen LogP contribution in [0.15, 0.2) is 24.3 Å². The fourth-order valence-electron chi connectivity index (χ4n) is 4.75. The SMILES string of the molecule is CCOc1ccccc1CN1C(=O)N[C@@]2(C[C@@H](C)CC(C)(C)C2)C1=O. The Bertz CT molecular complexity index is 685. The summed E-state index contributed by atoms with van der Waals surface area (Å²) in [7, 11) is 0. The van der Waals surface area contributed by atoms with E-state index in [1.165, 1.54) is 4.90 Å². The van der Waals surface area contributed by atoms with Crippen molar-refractivity contribution in [3.8, 4) is 5.75 Å². The zero-order valence-electron chi connectivity index (χ0n) is 15.6. The van der Waals surface area contributed by atoms with Gasteiger partial charge in [-0.05, 0) is 43.6 Å². The van der Waals surface area contributed by atoms with Crippen molar-refractivity contribution in [2.75, 3.05) is 6.61 Å². The van der Waals surface area contributed by atoms with Gasteiger partial charge in [-0.3, -0.25) is 9.69 Å². The Morgan fingerprint density at radius 1 is 1.24 bits per heavy atom. The quantitative estimate of drug-likeness (QED) is 0.847. The van der Waals surface area contributed by atoms with Crippen LogP contribution in [0.1, 0.15) is 52.5 Å². The van der Waals surface area contributed by atoms with Crippen molar-refractivity contribution in [2.45, 2.75) is 59.0 Å². The number of urea groups is 1. The maximum atomic E-state index is 13.2. The maximum Gasteiger partial charge on any atom is 0.325 e. The van der Waals surface area contributed by atoms with Crippen LogP contribution in [0.3, 0.4) is 0 Å². The highest BCUT2D eigenvalue weighted by atomic mass is 16.5. The van der Waals surface area contributed by atoms with Crippen LogP contribution in [-0.4, -0.2) is 29.0 Å². The summed E-state index contributed by atoms with van der Waals surface area (Å²) in [4.78, 5) is 27.2. The number of imide groups is 1. The van der Waals surface area contributed by atoms with Crippen molar-refractivity contribution >= 4 is 11.9 Å². The van der Waals surface area contributed by atoms with Gasteiger partial charge in [-0.25, -0.2) is 4.79 Å². The first kappa shape index (κ1) is 17.8. The molecule has 1 spiro atoms. The lowest BCUT2D eigenvalue weighted by Gasteiger charge is -2.43. The average molecular weight is 344 g/mol. The lowest BCUT2D eigenvalue weighted by atomic mass is 9.64. The number of amides is 3. The highest BCUT2D eigenvalue weighted by Crippen LogP contribution is 2.46. The molecule has 1 saturated heterocycles. The van der Waals surface area contributed by atoms with E-state index in [-0.39, 0.29) is 23.9 Å². The molecule has 1 heterocycles. The molecule has 5 heteroatoms. The van der Waals surface area contributed by atoms with E-state index in [1.807, 2.05) is 31.2 Å². The summed E-state index contributed by atoms with van der Waals surface area (Å²) in [6, 6.07) is 7.29. The van der Waals surface area contributed by atoms with E-state index in [9.17, 15) is 9.59 Å². The number of carbonyl (C=O) groups is 2. The third-order valence-corrected chi connectivity index (χ3v) is 5.23. The van der Waals surface area contributed by atoms with Gasteiger partial charge in [-0.15, -0.1) is 0 Å². The fraction of sp³-hybridized carbons (Fsp3) is 0.600. The molecule has 1 N–H and O–H groups in total. The van der Waals surface area contributed by atoms with Crippen LogP contribution < -0.4 is 10.1 Å². The molecule has 0 unspecified atom stereocenters. The number of nitrogens with one attached hydrogen (secondary N) is 1. The van der Waals surface area contributed by atoms with E-state index in [0.717, 1.165) is 17.7 Å². The molecular formula is C20H28N2O3. The Labute approximate surface area is 149 Å². The van der Waals surface area contributed by atoms with Crippen molar-refractivity contribution in [3.63, 3.8) is 0 Å². The minimum absolute atomic E-state index is 0.0415. The molecule has 0 bridgehead atoms. The molecule has 136 valence electrons. The van der Waals surface area contributed by atoms with Crippen LogP contribution in [0.25, 0.3) is 0 Å². The molecule has 0 aromatic heterocycles. The van der Waals surface area contributed by atoms with Crippen LogP contribution in [0.5, 0.6) is 5.75 Å². The number of nitrogens with zero attached hydrogens (tertiary/aromatic N) is 1. The number of ether oxygens (including phenoxy) is 1. The standard InChI is InChI=1S/C20H28N2O3/c1-5-25-16-9-7-6-8-15(16)12-22-17(23)20(21-18(22)24)11-14(2)10-19(3,4)13-20/h6-9,14H,5,10-13H2,1-4H3,(H,21,24)/t14-,20+/m0/s1. The molecule has 1 aromatic carbocycles. The fourth-order valence-corrected chi connectivity index (χ4v) is 4.75. The molecule has 0 radical (unpaired) electrons. The van der Waals surface area contributed by atoms with E-state index in [2.05, 4.69) is 26.1 Å². The predicted molar refractivity (Wildman–Crippen MR) is 96.2 cm³/mol. The summed E-state index contributed by atoms with van der Waals surface area (Å²) in [5, 5.41) is 3.02. The van der Waals surface area contributed by atoms with E-state index >= 15 is 0 Å². The lowest BCUT2D eigenvalue weighted by Crippen LogP contribution is -2.54. The van der Waals surface area contributed by atoms with Crippen molar-refractivity contribution in [3.05, 3.63) is 29.8 Å². The summed E-state index contributed by atoms with van der Waals surface area (Å²) >= 11 is 0. The molecule has 3 rings (SSSR count). The second kappa shape index (κ2) is 6.36. The Morgan fingerprint density at radius 3 is 2.64 bits per heavy atom. The molecule has 5 nitrogen and oxygen atoms in total. The highest BCUT2D eigenvalue weighted by molar-refractivity contribution is 6.07. The van der Waals surface area contributed by atoms with E-state index in [4.69, 9.17) is 4.74 Å². The number of para-hydroxylation sites is 1. The highest BCUT2D eigenvalue weighted by Gasteiger charge is 2.56. The smallest absolute Gasteiger partial charge is 0.325 e. The van der Waals surface area contributed by atoms with Crippen LogP contribution in [0, 0.1) is 11.3 Å². The molecule has 1 aliphatic heterocycles. The maximum absolute atomic E-state index is 13.2. The number of hydrogen-bond acceptors (Lipinski definition) is 3. The average Bonchev–Trinajstić information content (AvgIpc) is 2.71. The van der Waals surface area contributed by atoms with Crippen LogP contribution in [0.2, 0.25) is 0 Å². The second-order valence-corrected chi connectivity index (χ2v) is 8.30. The first-order chi connectivity index (χ1) is 11.8. The van der Waals surface area contributed by atoms with Crippen molar-refractivity contribution in [1.29, 1.82) is 0 Å². The lowest BCUT2D eigenvalue weighted by molar-refractivity contribution is -0.135. The minimum Gasteiger partial charge on any atom is -0.494 e. The first-order valence-electron chi connectivity index (χ1n) is 9.11. The zero-order valence-corrected chi connectivity index (χ0v) is 15.6. The molecule has 1 aromatic rings. The van der Waals surface area contributed by atoms with Gasteiger partial charge in [0.2, 0.25) is 0 Å². The van der Waals surface area contributed by atoms with Gasteiger partial charge in [-0.2, -0.15) is 0 Å². The molecule has 2 atom stereocenters. The topological polar surface area (TPSA) is 58.6 Å². The van der Waals surface area contributed by atoms with Gasteiger partial charge in [0.1, 0.15) is 11.3 Å². The third kappa shape index (κ3) is 3.37. The van der Waals surface area contributed by atoms with Gasteiger partial charge in [-0.1, -0.05) is 39.0 Å². The zero-order chi connectivity index (χ0) is 18.2. The monoisotopic (exact) mass is 344 g/mol. The first-order valence-corrected chi connectivity index (χ1v) is 9.11. The van der Waals surface area contributed by atoms with Gasteiger partial charge in [0.15, 0.2) is 0 Å². The number of carbonyl (C=O) groups excluding carboxylic acids is 2. The normalized spacial score (nSPS) is 28.3. The summed E-state index contributed by atoms with van der Waals surface area (Å²) < 4.78 is 5.64. The van der Waals surface area contributed by atoms with E-state index in [1.54, 1.807) is 0 Å². The van der Waals surface area contributed by atoms with Crippen LogP contribution >= 0.6 is 0 Å². The van der Waals surface area contributed by atoms with Gasteiger partial charge in [0.05, 0.1) is 13.2 Å². The summed E-state index contributed by atoms with van der Waals surface area (Å²) in [6.45, 7) is 9.23. The third-order valence-electron chi connectivity index (χ3n) is 5.23. The number of benzene rings is 1. The van der Waals surface area contributed by atoms with Gasteiger partial charge < -0.3 is 10.1 Å². The molecule has 2 aliphatic rings. The predicted octanol–water partition coefficient (Wildman–Crippen LogP) is 3.72. The molecule has 1 aliphatic carbocycles.